The number of hydrogen-bond donors (Lipinski definition) is 0. The first-order valence-electron chi connectivity index (χ1n) is 12.5. The number of likely N-dealkylation sites (tertiary alicyclic amines) is 1. The monoisotopic (exact) mass is 433 g/mol. The number of hydrogen-bond acceptors (Lipinski definition) is 1. The molecule has 1 heterocycles. The molecule has 166 valence electrons. The average Bonchev–Trinajstić information content (AvgIpc) is 3.29. The van der Waals surface area contributed by atoms with Crippen molar-refractivity contribution in [1.29, 1.82) is 0 Å². The summed E-state index contributed by atoms with van der Waals surface area (Å²) in [6, 6.07) is 20.0. The van der Waals surface area contributed by atoms with Crippen molar-refractivity contribution in [2.45, 2.75) is 57.9 Å². The second-order valence-electron chi connectivity index (χ2n) is 9.93. The van der Waals surface area contributed by atoms with Gasteiger partial charge in [-0.05, 0) is 103 Å². The highest BCUT2D eigenvalue weighted by molar-refractivity contribution is 5.96. The molecule has 6 rings (SSSR count). The number of carbonyl (C=O) groups is 1. The fourth-order valence-corrected chi connectivity index (χ4v) is 6.16. The van der Waals surface area contributed by atoms with Crippen molar-refractivity contribution >= 4 is 22.3 Å². The lowest BCUT2D eigenvalue weighted by molar-refractivity contribution is 0.0747. The molecule has 33 heavy (non-hydrogen) atoms. The topological polar surface area (TPSA) is 20.3 Å². The van der Waals surface area contributed by atoms with Gasteiger partial charge in [-0.15, -0.1) is 0 Å². The summed E-state index contributed by atoms with van der Waals surface area (Å²) < 4.78 is 0. The second kappa shape index (κ2) is 8.33. The van der Waals surface area contributed by atoms with Gasteiger partial charge in [0.1, 0.15) is 0 Å². The van der Waals surface area contributed by atoms with Gasteiger partial charge in [-0.25, -0.2) is 0 Å². The van der Waals surface area contributed by atoms with E-state index < -0.39 is 0 Å². The van der Waals surface area contributed by atoms with Crippen molar-refractivity contribution in [3.05, 3.63) is 100 Å². The average molecular weight is 434 g/mol. The van der Waals surface area contributed by atoms with E-state index in [0.717, 1.165) is 37.8 Å². The lowest BCUT2D eigenvalue weighted by atomic mass is 9.78. The highest BCUT2D eigenvalue weighted by Crippen LogP contribution is 2.41. The maximum Gasteiger partial charge on any atom is 0.254 e. The molecule has 0 radical (unpaired) electrons. The Kier molecular flexibility index (Phi) is 5.17. The Balaban J connectivity index is 1.38. The van der Waals surface area contributed by atoms with Gasteiger partial charge in [-0.1, -0.05) is 60.2 Å². The quantitative estimate of drug-likeness (QED) is 0.431. The minimum atomic E-state index is 0.181. The van der Waals surface area contributed by atoms with Gasteiger partial charge in [-0.2, -0.15) is 0 Å². The largest absolute Gasteiger partial charge is 0.336 e. The summed E-state index contributed by atoms with van der Waals surface area (Å²) >= 11 is 0. The molecule has 0 aromatic heterocycles. The normalized spacial score (nSPS) is 19.7. The van der Waals surface area contributed by atoms with Crippen molar-refractivity contribution in [3.63, 3.8) is 0 Å². The molecule has 0 N–H and O–H groups in total. The summed E-state index contributed by atoms with van der Waals surface area (Å²) in [6.45, 7) is 3.04. The number of nitrogens with zero attached hydrogens (tertiary/aromatic N) is 1. The zero-order valence-electron chi connectivity index (χ0n) is 19.4. The lowest BCUT2D eigenvalue weighted by Crippen LogP contribution is -2.33. The van der Waals surface area contributed by atoms with Crippen LogP contribution in [-0.2, 0) is 12.8 Å². The smallest absolute Gasteiger partial charge is 0.254 e. The first kappa shape index (κ1) is 20.5. The summed E-state index contributed by atoms with van der Waals surface area (Å²) in [5.74, 6) is 0.181. The molecule has 3 aromatic carbocycles. The molecule has 3 aliphatic rings. The van der Waals surface area contributed by atoms with Gasteiger partial charge in [-0.3, -0.25) is 4.79 Å². The fourth-order valence-electron chi connectivity index (χ4n) is 6.16. The van der Waals surface area contributed by atoms with Gasteiger partial charge in [0.25, 0.3) is 5.91 Å². The summed E-state index contributed by atoms with van der Waals surface area (Å²) in [5, 5.41) is 2.75. The van der Waals surface area contributed by atoms with E-state index in [0.29, 0.717) is 6.04 Å². The molecule has 1 amide bonds. The van der Waals surface area contributed by atoms with Crippen LogP contribution in [-0.4, -0.2) is 23.4 Å². The van der Waals surface area contributed by atoms with E-state index in [1.165, 1.54) is 57.9 Å². The van der Waals surface area contributed by atoms with E-state index in [9.17, 15) is 4.79 Å². The van der Waals surface area contributed by atoms with E-state index in [2.05, 4.69) is 61.5 Å². The first-order chi connectivity index (χ1) is 16.2. The Bertz CT molecular complexity index is 1310. The van der Waals surface area contributed by atoms with Gasteiger partial charge in [0.15, 0.2) is 0 Å². The van der Waals surface area contributed by atoms with Gasteiger partial charge in [0, 0.05) is 18.2 Å². The van der Waals surface area contributed by atoms with Crippen LogP contribution in [0.15, 0.2) is 72.3 Å². The third-order valence-corrected chi connectivity index (χ3v) is 7.87. The molecular formula is C31H31NO. The third kappa shape index (κ3) is 3.62. The predicted octanol–water partition coefficient (Wildman–Crippen LogP) is 7.10. The Labute approximate surface area is 196 Å². The molecule has 1 saturated heterocycles. The van der Waals surface area contributed by atoms with E-state index in [4.69, 9.17) is 0 Å². The van der Waals surface area contributed by atoms with E-state index in [1.807, 2.05) is 17.0 Å². The zero-order valence-corrected chi connectivity index (χ0v) is 19.4. The lowest BCUT2D eigenvalue weighted by Gasteiger charge is -2.26. The zero-order chi connectivity index (χ0) is 22.4. The number of fused-ring (bicyclic) bond motifs is 4. The van der Waals surface area contributed by atoms with Crippen molar-refractivity contribution < 1.29 is 4.79 Å². The van der Waals surface area contributed by atoms with E-state index in [-0.39, 0.29) is 5.91 Å². The number of rotatable bonds is 3. The van der Waals surface area contributed by atoms with Crippen molar-refractivity contribution in [2.24, 2.45) is 0 Å². The molecule has 3 aromatic rings. The van der Waals surface area contributed by atoms with E-state index >= 15 is 0 Å². The maximum atomic E-state index is 13.1. The summed E-state index contributed by atoms with van der Waals surface area (Å²) in [7, 11) is 0. The number of benzene rings is 3. The van der Waals surface area contributed by atoms with Gasteiger partial charge >= 0.3 is 0 Å². The van der Waals surface area contributed by atoms with Crippen molar-refractivity contribution in [2.75, 3.05) is 6.54 Å². The van der Waals surface area contributed by atoms with Crippen LogP contribution in [0.1, 0.15) is 71.6 Å². The minimum absolute atomic E-state index is 0.181. The summed E-state index contributed by atoms with van der Waals surface area (Å²) in [4.78, 5) is 15.2. The minimum Gasteiger partial charge on any atom is -0.336 e. The third-order valence-electron chi connectivity index (χ3n) is 7.87. The van der Waals surface area contributed by atoms with Crippen LogP contribution in [0.3, 0.4) is 0 Å². The molecule has 0 bridgehead atoms. The molecule has 2 heteroatoms. The Morgan fingerprint density at radius 3 is 2.82 bits per heavy atom. The second-order valence-corrected chi connectivity index (χ2v) is 9.93. The predicted molar refractivity (Wildman–Crippen MR) is 137 cm³/mol. The Morgan fingerprint density at radius 1 is 1.03 bits per heavy atom. The molecule has 0 spiro atoms. The van der Waals surface area contributed by atoms with Gasteiger partial charge in [0.2, 0.25) is 0 Å². The number of aryl methyl sites for hydroxylation is 1. The van der Waals surface area contributed by atoms with Crippen LogP contribution in [0, 0.1) is 0 Å². The van der Waals surface area contributed by atoms with Gasteiger partial charge < -0.3 is 4.90 Å². The number of amides is 1. The SMILES string of the molecule is CC1CCCN1C(=O)c1cccc(Cc2cccc3ccc4c(c23)CCC2=C4C=CCC2)c1. The van der Waals surface area contributed by atoms with E-state index in [1.54, 1.807) is 5.57 Å². The maximum absolute atomic E-state index is 13.1. The van der Waals surface area contributed by atoms with Crippen LogP contribution in [0.2, 0.25) is 0 Å². The standard InChI is InChI=1S/C31H31NO/c1-21-7-6-18-32(21)31(33)26-12-4-8-22(20-26)19-25-11-5-10-24-15-16-28-27-13-3-2-9-23(27)14-17-29(28)30(24)25/h3-5,8,10-13,15-16,20-21H,2,6-7,9,14,17-19H2,1H3. The van der Waals surface area contributed by atoms with Crippen LogP contribution < -0.4 is 0 Å². The molecule has 1 unspecified atom stereocenters. The van der Waals surface area contributed by atoms with Crippen LogP contribution in [0.4, 0.5) is 0 Å². The number of carbonyl (C=O) groups excluding carboxylic acids is 1. The van der Waals surface area contributed by atoms with Crippen LogP contribution in [0.5, 0.6) is 0 Å². The molecule has 1 atom stereocenters. The van der Waals surface area contributed by atoms with Crippen molar-refractivity contribution in [1.82, 2.24) is 4.90 Å². The Morgan fingerprint density at radius 2 is 1.94 bits per heavy atom. The highest BCUT2D eigenvalue weighted by Gasteiger charge is 2.26. The summed E-state index contributed by atoms with van der Waals surface area (Å²) in [6.07, 6.45) is 12.4. The molecule has 2 aliphatic carbocycles. The van der Waals surface area contributed by atoms with Crippen LogP contribution >= 0.6 is 0 Å². The van der Waals surface area contributed by atoms with Crippen molar-refractivity contribution in [3.8, 4) is 0 Å². The van der Waals surface area contributed by atoms with Crippen LogP contribution in [0.25, 0.3) is 16.3 Å². The summed E-state index contributed by atoms with van der Waals surface area (Å²) in [5.41, 5.74) is 9.44. The molecule has 1 aliphatic heterocycles. The first-order valence-corrected chi connectivity index (χ1v) is 12.5. The number of allylic oxidation sites excluding steroid dienone is 4. The highest BCUT2D eigenvalue weighted by atomic mass is 16.2. The molecular weight excluding hydrogens is 402 g/mol. The Hall–Kier alpha value is -3.13. The fraction of sp³-hybridized carbons (Fsp3) is 0.323. The molecule has 1 fully saturated rings. The molecule has 2 nitrogen and oxygen atoms in total. The molecule has 0 saturated carbocycles. The van der Waals surface area contributed by atoms with Gasteiger partial charge in [0.05, 0.1) is 0 Å².